The number of nitrogens with zero attached hydrogens (tertiary/aromatic N) is 1. The van der Waals surface area contributed by atoms with Crippen LogP contribution in [-0.2, 0) is 16.5 Å². The number of hydrogen-bond donors (Lipinski definition) is 0. The van der Waals surface area contributed by atoms with Crippen molar-refractivity contribution < 1.29 is 12.6 Å². The molecule has 0 saturated carbocycles. The minimum Gasteiger partial charge on any atom is -0.382 e. The van der Waals surface area contributed by atoms with E-state index in [2.05, 4.69) is 17.9 Å². The summed E-state index contributed by atoms with van der Waals surface area (Å²) >= 11 is 0. The number of hydrogen-bond acceptors (Lipinski definition) is 4. The Kier molecular flexibility index (Phi) is 4.07. The largest absolute Gasteiger partial charge is 0.382 e. The van der Waals surface area contributed by atoms with Crippen LogP contribution in [-0.4, -0.2) is 26.8 Å². The highest BCUT2D eigenvalue weighted by Gasteiger charge is 2.27. The maximum Gasteiger partial charge on any atom is 0.310 e. The summed E-state index contributed by atoms with van der Waals surface area (Å²) in [4.78, 5) is 2.14. The molecule has 0 saturated heterocycles. The van der Waals surface area contributed by atoms with E-state index in [0.29, 0.717) is 18.3 Å². The average Bonchev–Trinajstić information content (AvgIpc) is 2.81. The van der Waals surface area contributed by atoms with Crippen molar-refractivity contribution in [1.82, 2.24) is 0 Å². The van der Waals surface area contributed by atoms with Crippen LogP contribution in [0.3, 0.4) is 0 Å². The molecule has 1 aliphatic rings. The van der Waals surface area contributed by atoms with E-state index in [4.69, 9.17) is 4.18 Å². The van der Waals surface area contributed by atoms with Gasteiger partial charge >= 0.3 is 10.1 Å². The fraction of sp³-hybridized carbons (Fsp3) is 0.294. The molecule has 5 heteroatoms. The molecule has 1 atom stereocenters. The Balaban J connectivity index is 1.67. The molecule has 2 aromatic carbocycles. The highest BCUT2D eigenvalue weighted by molar-refractivity contribution is 7.87. The molecule has 0 aromatic heterocycles. The maximum atomic E-state index is 12.1. The lowest BCUT2D eigenvalue weighted by atomic mass is 10.1. The lowest BCUT2D eigenvalue weighted by molar-refractivity contribution is 0.484. The summed E-state index contributed by atoms with van der Waals surface area (Å²) in [7, 11) is -3.59. The van der Waals surface area contributed by atoms with Crippen molar-refractivity contribution in [2.45, 2.75) is 19.4 Å². The zero-order valence-corrected chi connectivity index (χ0v) is 13.3. The molecule has 1 heterocycles. The fourth-order valence-corrected chi connectivity index (χ4v) is 3.75. The Morgan fingerprint density at radius 1 is 1.09 bits per heavy atom. The molecule has 22 heavy (non-hydrogen) atoms. The summed E-state index contributed by atoms with van der Waals surface area (Å²) in [6.45, 7) is 2.55. The van der Waals surface area contributed by atoms with Gasteiger partial charge in [-0.15, -0.1) is 0 Å². The van der Waals surface area contributed by atoms with Crippen LogP contribution < -0.4 is 9.08 Å². The van der Waals surface area contributed by atoms with Crippen LogP contribution in [0.5, 0.6) is 5.75 Å². The summed E-state index contributed by atoms with van der Waals surface area (Å²) in [5.41, 5.74) is 2.40. The molecule has 0 bridgehead atoms. The molecule has 0 radical (unpaired) electrons. The van der Waals surface area contributed by atoms with Crippen LogP contribution >= 0.6 is 0 Å². The molecule has 3 rings (SSSR count). The molecule has 0 fully saturated rings. The van der Waals surface area contributed by atoms with Gasteiger partial charge in [0.05, 0.1) is 0 Å². The average molecular weight is 317 g/mol. The van der Waals surface area contributed by atoms with Crippen LogP contribution in [0, 0.1) is 0 Å². The van der Waals surface area contributed by atoms with Crippen LogP contribution in [0.1, 0.15) is 12.5 Å². The van der Waals surface area contributed by atoms with E-state index in [1.54, 1.807) is 24.3 Å². The van der Waals surface area contributed by atoms with Crippen molar-refractivity contribution >= 4 is 15.8 Å². The normalized spacial score (nSPS) is 17.3. The highest BCUT2D eigenvalue weighted by Crippen LogP contribution is 2.31. The molecule has 1 aliphatic heterocycles. The fourth-order valence-electron chi connectivity index (χ4n) is 2.84. The SMILES string of the molecule is CC1Cc2ccccc2N1CCS(=O)(=O)Oc1ccccc1. The van der Waals surface area contributed by atoms with Gasteiger partial charge in [-0.1, -0.05) is 36.4 Å². The van der Waals surface area contributed by atoms with Crippen molar-refractivity contribution in [2.75, 3.05) is 17.2 Å². The zero-order chi connectivity index (χ0) is 15.6. The first kappa shape index (κ1) is 14.9. The van der Waals surface area contributed by atoms with Crippen molar-refractivity contribution in [2.24, 2.45) is 0 Å². The van der Waals surface area contributed by atoms with Crippen LogP contribution in [0.2, 0.25) is 0 Å². The van der Waals surface area contributed by atoms with Gasteiger partial charge in [0.1, 0.15) is 11.5 Å². The molecule has 0 amide bonds. The second-order valence-corrected chi connectivity index (χ2v) is 7.22. The number of para-hydroxylation sites is 2. The Bertz CT molecular complexity index is 744. The van der Waals surface area contributed by atoms with E-state index >= 15 is 0 Å². The van der Waals surface area contributed by atoms with Gasteiger partial charge in [0.15, 0.2) is 0 Å². The first-order chi connectivity index (χ1) is 10.6. The molecular formula is C17H19NO3S. The highest BCUT2D eigenvalue weighted by atomic mass is 32.2. The topological polar surface area (TPSA) is 46.6 Å². The zero-order valence-electron chi connectivity index (χ0n) is 12.5. The standard InChI is InChI=1S/C17H19NO3S/c1-14-13-15-7-5-6-10-17(15)18(14)11-12-22(19,20)21-16-8-3-2-4-9-16/h2-10,14H,11-13H2,1H3. The summed E-state index contributed by atoms with van der Waals surface area (Å²) in [5, 5.41) is 0. The van der Waals surface area contributed by atoms with E-state index < -0.39 is 10.1 Å². The van der Waals surface area contributed by atoms with E-state index in [0.717, 1.165) is 12.1 Å². The van der Waals surface area contributed by atoms with Crippen molar-refractivity contribution in [3.05, 3.63) is 60.2 Å². The van der Waals surface area contributed by atoms with E-state index in [1.807, 2.05) is 24.3 Å². The summed E-state index contributed by atoms with van der Waals surface area (Å²) in [6, 6.07) is 17.1. The lowest BCUT2D eigenvalue weighted by Crippen LogP contribution is -2.34. The van der Waals surface area contributed by atoms with Crippen molar-refractivity contribution in [1.29, 1.82) is 0 Å². The van der Waals surface area contributed by atoms with Crippen LogP contribution in [0.15, 0.2) is 54.6 Å². The monoisotopic (exact) mass is 317 g/mol. The van der Waals surface area contributed by atoms with E-state index in [-0.39, 0.29) is 5.75 Å². The number of benzene rings is 2. The van der Waals surface area contributed by atoms with Crippen LogP contribution in [0.25, 0.3) is 0 Å². The minimum absolute atomic E-state index is 0.0272. The predicted molar refractivity (Wildman–Crippen MR) is 87.8 cm³/mol. The van der Waals surface area contributed by atoms with Gasteiger partial charge in [0.2, 0.25) is 0 Å². The maximum absolute atomic E-state index is 12.1. The first-order valence-electron chi connectivity index (χ1n) is 7.37. The van der Waals surface area contributed by atoms with Gasteiger partial charge in [-0.25, -0.2) is 0 Å². The van der Waals surface area contributed by atoms with Crippen molar-refractivity contribution in [3.63, 3.8) is 0 Å². The third-order valence-corrected chi connectivity index (χ3v) is 5.03. The smallest absolute Gasteiger partial charge is 0.310 e. The molecule has 116 valence electrons. The van der Waals surface area contributed by atoms with Gasteiger partial charge in [0, 0.05) is 18.3 Å². The number of fused-ring (bicyclic) bond motifs is 1. The third kappa shape index (κ3) is 3.25. The first-order valence-corrected chi connectivity index (χ1v) is 8.95. The molecule has 2 aromatic rings. The Labute approximate surface area is 131 Å². The second-order valence-electron chi connectivity index (χ2n) is 5.53. The molecule has 4 nitrogen and oxygen atoms in total. The number of rotatable bonds is 5. The van der Waals surface area contributed by atoms with Gasteiger partial charge in [-0.05, 0) is 37.1 Å². The van der Waals surface area contributed by atoms with E-state index in [9.17, 15) is 8.42 Å². The van der Waals surface area contributed by atoms with Gasteiger partial charge in [-0.2, -0.15) is 8.42 Å². The molecule has 1 unspecified atom stereocenters. The molecule has 0 N–H and O–H groups in total. The molecular weight excluding hydrogens is 298 g/mol. The Morgan fingerprint density at radius 3 is 2.55 bits per heavy atom. The lowest BCUT2D eigenvalue weighted by Gasteiger charge is -2.24. The third-order valence-electron chi connectivity index (χ3n) is 3.90. The predicted octanol–water partition coefficient (Wildman–Crippen LogP) is 2.85. The van der Waals surface area contributed by atoms with Crippen molar-refractivity contribution in [3.8, 4) is 5.75 Å². The summed E-state index contributed by atoms with van der Waals surface area (Å²) in [5.74, 6) is 0.331. The van der Waals surface area contributed by atoms with Crippen LogP contribution in [0.4, 0.5) is 5.69 Å². The van der Waals surface area contributed by atoms with Gasteiger partial charge in [0.25, 0.3) is 0 Å². The summed E-state index contributed by atoms with van der Waals surface area (Å²) < 4.78 is 29.4. The van der Waals surface area contributed by atoms with Gasteiger partial charge in [-0.3, -0.25) is 0 Å². The number of anilines is 1. The Morgan fingerprint density at radius 2 is 1.77 bits per heavy atom. The Hall–Kier alpha value is -2.01. The second kappa shape index (κ2) is 6.01. The van der Waals surface area contributed by atoms with E-state index in [1.165, 1.54) is 5.56 Å². The minimum atomic E-state index is -3.59. The molecule has 0 aliphatic carbocycles. The molecule has 0 spiro atoms. The summed E-state index contributed by atoms with van der Waals surface area (Å²) in [6.07, 6.45) is 0.954. The van der Waals surface area contributed by atoms with Gasteiger partial charge < -0.3 is 9.08 Å². The quantitative estimate of drug-likeness (QED) is 0.796.